The van der Waals surface area contributed by atoms with Crippen LogP contribution in [0.2, 0.25) is 0 Å². The lowest BCUT2D eigenvalue weighted by Crippen LogP contribution is -2.25. The van der Waals surface area contributed by atoms with Crippen molar-refractivity contribution in [3.05, 3.63) is 47.8 Å². The molecule has 0 aliphatic rings. The summed E-state index contributed by atoms with van der Waals surface area (Å²) in [7, 11) is 0. The quantitative estimate of drug-likeness (QED) is 0.558. The molecule has 1 N–H and O–H groups in total. The smallest absolute Gasteiger partial charge is 0.252 e. The Morgan fingerprint density at radius 3 is 3.00 bits per heavy atom. The van der Waals surface area contributed by atoms with Gasteiger partial charge >= 0.3 is 0 Å². The maximum absolute atomic E-state index is 12.2. The third-order valence-corrected chi connectivity index (χ3v) is 4.65. The van der Waals surface area contributed by atoms with Gasteiger partial charge in [-0.25, -0.2) is 4.98 Å². The van der Waals surface area contributed by atoms with Crippen molar-refractivity contribution in [2.75, 3.05) is 6.54 Å². The van der Waals surface area contributed by atoms with Crippen molar-refractivity contribution in [3.63, 3.8) is 0 Å². The molecule has 1 aromatic carbocycles. The summed E-state index contributed by atoms with van der Waals surface area (Å²) in [6.07, 6.45) is 2.33. The first-order chi connectivity index (χ1) is 12.2. The molecule has 3 aromatic heterocycles. The summed E-state index contributed by atoms with van der Waals surface area (Å²) in [5.74, 6) is -0.148. The molecule has 0 fully saturated rings. The van der Waals surface area contributed by atoms with Gasteiger partial charge < -0.3 is 5.32 Å². The Morgan fingerprint density at radius 2 is 2.12 bits per heavy atom. The van der Waals surface area contributed by atoms with Crippen LogP contribution in [0.15, 0.2) is 36.5 Å². The summed E-state index contributed by atoms with van der Waals surface area (Å²) in [5, 5.41) is 8.68. The predicted octanol–water partition coefficient (Wildman–Crippen LogP) is 2.56. The normalized spacial score (nSPS) is 11.2. The van der Waals surface area contributed by atoms with Gasteiger partial charge in [0.2, 0.25) is 0 Å². The van der Waals surface area contributed by atoms with Crippen LogP contribution in [-0.4, -0.2) is 36.0 Å². The van der Waals surface area contributed by atoms with E-state index in [-0.39, 0.29) is 5.91 Å². The van der Waals surface area contributed by atoms with Crippen molar-refractivity contribution in [3.8, 4) is 0 Å². The monoisotopic (exact) mass is 352 g/mol. The summed E-state index contributed by atoms with van der Waals surface area (Å²) < 4.78 is 10.1. The van der Waals surface area contributed by atoms with Gasteiger partial charge in [-0.3, -0.25) is 9.48 Å². The lowest BCUT2D eigenvalue weighted by molar-refractivity contribution is 0.0952. The minimum atomic E-state index is -0.148. The third kappa shape index (κ3) is 3.08. The molecule has 0 aliphatic carbocycles. The molecule has 4 rings (SSSR count). The zero-order valence-corrected chi connectivity index (χ0v) is 14.5. The fourth-order valence-corrected chi connectivity index (χ4v) is 3.25. The Balaban J connectivity index is 1.35. The number of amides is 1. The Bertz CT molecular complexity index is 1050. The first kappa shape index (κ1) is 15.6. The fourth-order valence-electron chi connectivity index (χ4n) is 2.77. The number of pyridine rings is 1. The van der Waals surface area contributed by atoms with Gasteiger partial charge in [-0.1, -0.05) is 18.2 Å². The summed E-state index contributed by atoms with van der Waals surface area (Å²) in [4.78, 5) is 16.3. The van der Waals surface area contributed by atoms with Crippen LogP contribution in [0.1, 0.15) is 22.5 Å². The molecular weight excluding hydrogens is 336 g/mol. The molecule has 0 bridgehead atoms. The number of fused-ring (bicyclic) bond motifs is 2. The van der Waals surface area contributed by atoms with Gasteiger partial charge in [-0.2, -0.15) is 13.8 Å². The molecule has 8 heteroatoms. The molecule has 7 nitrogen and oxygen atoms in total. The highest BCUT2D eigenvalue weighted by Crippen LogP contribution is 2.17. The van der Waals surface area contributed by atoms with E-state index >= 15 is 0 Å². The van der Waals surface area contributed by atoms with Gasteiger partial charge in [0.05, 0.1) is 22.8 Å². The average molecular weight is 352 g/mol. The lowest BCUT2D eigenvalue weighted by Gasteiger charge is -2.06. The third-order valence-electron chi connectivity index (χ3n) is 4.12. The minimum Gasteiger partial charge on any atom is -0.352 e. The molecule has 0 spiro atoms. The average Bonchev–Trinajstić information content (AvgIpc) is 3.23. The van der Waals surface area contributed by atoms with E-state index < -0.39 is 0 Å². The lowest BCUT2D eigenvalue weighted by atomic mass is 10.2. The van der Waals surface area contributed by atoms with Gasteiger partial charge in [-0.05, 0) is 25.5 Å². The van der Waals surface area contributed by atoms with Crippen molar-refractivity contribution in [2.45, 2.75) is 19.9 Å². The minimum absolute atomic E-state index is 0.148. The number of hydrogen-bond donors (Lipinski definition) is 1. The van der Waals surface area contributed by atoms with E-state index in [1.54, 1.807) is 6.07 Å². The molecule has 25 heavy (non-hydrogen) atoms. The van der Waals surface area contributed by atoms with Crippen LogP contribution in [0.3, 0.4) is 0 Å². The predicted molar refractivity (Wildman–Crippen MR) is 96.6 cm³/mol. The second-order valence-corrected chi connectivity index (χ2v) is 6.29. The number of aryl methyl sites for hydroxylation is 2. The standard InChI is InChI=1S/C17H16N6OS/c1-11-13-5-2-3-6-14(13)20-23(11)8-4-7-18-17(24)12-9-15-16(19-10-12)22-25-21-15/h2-3,5-6,9-10H,4,7-8H2,1H3,(H,18,24). The van der Waals surface area contributed by atoms with Crippen LogP contribution in [0.4, 0.5) is 0 Å². The highest BCUT2D eigenvalue weighted by Gasteiger charge is 2.09. The van der Waals surface area contributed by atoms with Crippen LogP contribution in [0.5, 0.6) is 0 Å². The van der Waals surface area contributed by atoms with E-state index in [0.29, 0.717) is 23.3 Å². The molecule has 0 saturated heterocycles. The number of benzene rings is 1. The Hall–Kier alpha value is -2.87. The molecule has 4 aromatic rings. The van der Waals surface area contributed by atoms with Crippen molar-refractivity contribution in [2.24, 2.45) is 0 Å². The molecule has 0 radical (unpaired) electrons. The van der Waals surface area contributed by atoms with E-state index in [0.717, 1.165) is 35.9 Å². The molecular formula is C17H16N6OS. The molecule has 0 unspecified atom stereocenters. The fraction of sp³-hybridized carbons (Fsp3) is 0.235. The van der Waals surface area contributed by atoms with Crippen molar-refractivity contribution in [1.29, 1.82) is 0 Å². The molecule has 0 saturated carbocycles. The van der Waals surface area contributed by atoms with Crippen molar-refractivity contribution < 1.29 is 4.79 Å². The van der Waals surface area contributed by atoms with Crippen LogP contribution in [-0.2, 0) is 6.54 Å². The second-order valence-electron chi connectivity index (χ2n) is 5.77. The number of nitrogens with one attached hydrogen (secondary N) is 1. The number of rotatable bonds is 5. The van der Waals surface area contributed by atoms with E-state index in [4.69, 9.17) is 0 Å². The molecule has 0 atom stereocenters. The number of hydrogen-bond acceptors (Lipinski definition) is 6. The molecule has 0 aliphatic heterocycles. The number of carbonyl (C=O) groups is 1. The first-order valence-electron chi connectivity index (χ1n) is 8.01. The molecule has 3 heterocycles. The van der Waals surface area contributed by atoms with E-state index in [9.17, 15) is 4.79 Å². The van der Waals surface area contributed by atoms with Gasteiger partial charge in [-0.15, -0.1) is 0 Å². The number of carbonyl (C=O) groups excluding carboxylic acids is 1. The van der Waals surface area contributed by atoms with E-state index in [2.05, 4.69) is 37.1 Å². The summed E-state index contributed by atoms with van der Waals surface area (Å²) >= 11 is 1.09. The number of aromatic nitrogens is 5. The van der Waals surface area contributed by atoms with Crippen LogP contribution in [0.25, 0.3) is 22.1 Å². The maximum atomic E-state index is 12.2. The largest absolute Gasteiger partial charge is 0.352 e. The SMILES string of the molecule is Cc1c2ccccc2nn1CCCNC(=O)c1cnc2nsnc2c1. The van der Waals surface area contributed by atoms with Crippen molar-refractivity contribution >= 4 is 39.7 Å². The highest BCUT2D eigenvalue weighted by atomic mass is 32.1. The topological polar surface area (TPSA) is 85.6 Å². The Morgan fingerprint density at radius 1 is 1.24 bits per heavy atom. The highest BCUT2D eigenvalue weighted by molar-refractivity contribution is 7.00. The van der Waals surface area contributed by atoms with Gasteiger partial charge in [0, 0.05) is 30.4 Å². The Kier molecular flexibility index (Phi) is 4.10. The van der Waals surface area contributed by atoms with Crippen molar-refractivity contribution in [1.82, 2.24) is 28.8 Å². The summed E-state index contributed by atoms with van der Waals surface area (Å²) in [6.45, 7) is 3.40. The van der Waals surface area contributed by atoms with Gasteiger partial charge in [0.15, 0.2) is 5.65 Å². The van der Waals surface area contributed by atoms with Crippen LogP contribution in [0, 0.1) is 6.92 Å². The van der Waals surface area contributed by atoms with Crippen LogP contribution < -0.4 is 5.32 Å². The molecule has 1 amide bonds. The summed E-state index contributed by atoms with van der Waals surface area (Å²) in [6, 6.07) is 9.81. The summed E-state index contributed by atoms with van der Waals surface area (Å²) in [5.41, 5.74) is 3.87. The number of nitrogens with zero attached hydrogens (tertiary/aromatic N) is 5. The van der Waals surface area contributed by atoms with Crippen LogP contribution >= 0.6 is 11.7 Å². The maximum Gasteiger partial charge on any atom is 0.252 e. The second kappa shape index (κ2) is 6.56. The van der Waals surface area contributed by atoms with E-state index in [1.807, 2.05) is 22.9 Å². The van der Waals surface area contributed by atoms with Gasteiger partial charge in [0.1, 0.15) is 5.52 Å². The first-order valence-corrected chi connectivity index (χ1v) is 8.74. The molecule has 126 valence electrons. The van der Waals surface area contributed by atoms with E-state index in [1.165, 1.54) is 11.6 Å². The van der Waals surface area contributed by atoms with Gasteiger partial charge in [0.25, 0.3) is 5.91 Å². The Labute approximate surface area is 148 Å². The zero-order valence-electron chi connectivity index (χ0n) is 13.6. The zero-order chi connectivity index (χ0) is 17.2.